The molecule has 1 saturated heterocycles. The molecule has 8 heteroatoms. The first kappa shape index (κ1) is 21.6. The smallest absolute Gasteiger partial charge is 0.253 e. The van der Waals surface area contributed by atoms with E-state index in [0.29, 0.717) is 36.2 Å². The summed E-state index contributed by atoms with van der Waals surface area (Å²) in [6.45, 7) is 2.80. The minimum Gasteiger partial charge on any atom is -0.383 e. The molecule has 0 spiro atoms. The summed E-state index contributed by atoms with van der Waals surface area (Å²) >= 11 is 5.95. The number of aryl methyl sites for hydroxylation is 1. The van der Waals surface area contributed by atoms with Crippen LogP contribution in [0, 0.1) is 0 Å². The van der Waals surface area contributed by atoms with Gasteiger partial charge in [0.1, 0.15) is 5.52 Å². The summed E-state index contributed by atoms with van der Waals surface area (Å²) in [5.74, 6) is 1.25. The van der Waals surface area contributed by atoms with Gasteiger partial charge in [-0.25, -0.2) is 9.97 Å². The van der Waals surface area contributed by atoms with Crippen molar-refractivity contribution in [2.45, 2.75) is 18.8 Å². The van der Waals surface area contributed by atoms with Crippen molar-refractivity contribution in [1.29, 1.82) is 0 Å². The Bertz CT molecular complexity index is 1060. The van der Waals surface area contributed by atoms with Crippen molar-refractivity contribution in [2.75, 3.05) is 45.3 Å². The van der Waals surface area contributed by atoms with E-state index in [-0.39, 0.29) is 5.91 Å². The molecule has 2 aromatic heterocycles. The highest BCUT2D eigenvalue weighted by atomic mass is 35.5. The number of anilines is 1. The molecule has 0 radical (unpaired) electrons. The molecule has 1 aliphatic heterocycles. The van der Waals surface area contributed by atoms with E-state index in [2.05, 4.69) is 16.0 Å². The van der Waals surface area contributed by atoms with Crippen LogP contribution in [0.1, 0.15) is 34.8 Å². The quantitative estimate of drug-likeness (QED) is 0.583. The fourth-order valence-corrected chi connectivity index (χ4v) is 4.22. The normalized spacial score (nSPS) is 14.9. The first-order valence-corrected chi connectivity index (χ1v) is 10.9. The molecule has 1 fully saturated rings. The number of hydrogen-bond acceptors (Lipinski definition) is 5. The van der Waals surface area contributed by atoms with Crippen LogP contribution in [-0.2, 0) is 11.8 Å². The lowest BCUT2D eigenvalue weighted by molar-refractivity contribution is 0.0712. The number of amides is 1. The van der Waals surface area contributed by atoms with E-state index in [1.807, 2.05) is 29.9 Å². The molecular weight excluding hydrogens is 414 g/mol. The number of benzene rings is 1. The summed E-state index contributed by atoms with van der Waals surface area (Å²) in [6.07, 6.45) is 3.60. The van der Waals surface area contributed by atoms with Crippen LogP contribution in [-0.4, -0.2) is 65.7 Å². The van der Waals surface area contributed by atoms with Crippen molar-refractivity contribution in [3.63, 3.8) is 0 Å². The Hall–Kier alpha value is -2.64. The Labute approximate surface area is 187 Å². The van der Waals surface area contributed by atoms with Crippen molar-refractivity contribution < 1.29 is 9.53 Å². The van der Waals surface area contributed by atoms with Gasteiger partial charge < -0.3 is 19.1 Å². The van der Waals surface area contributed by atoms with E-state index >= 15 is 0 Å². The summed E-state index contributed by atoms with van der Waals surface area (Å²) < 4.78 is 7.27. The summed E-state index contributed by atoms with van der Waals surface area (Å²) in [6, 6.07) is 9.25. The highest BCUT2D eigenvalue weighted by Crippen LogP contribution is 2.32. The predicted molar refractivity (Wildman–Crippen MR) is 123 cm³/mol. The molecule has 1 amide bonds. The zero-order valence-corrected chi connectivity index (χ0v) is 19.0. The van der Waals surface area contributed by atoms with Gasteiger partial charge in [-0.05, 0) is 43.2 Å². The molecular formula is C23H28ClN5O2. The number of carbonyl (C=O) groups excluding carboxylic acids is 1. The standard InChI is InChI=1S/C23H28ClN5O2/c1-27(12-13-31-3)22-21-20(28(2)15-25-21)14-19(26-22)16-8-10-29(11-9-16)23(30)17-4-6-18(24)7-5-17/h4-7,14-16H,8-13H2,1-3H3. The van der Waals surface area contributed by atoms with Gasteiger partial charge in [0.15, 0.2) is 5.82 Å². The summed E-state index contributed by atoms with van der Waals surface area (Å²) in [5.41, 5.74) is 3.72. The molecule has 7 nitrogen and oxygen atoms in total. The molecule has 3 heterocycles. The van der Waals surface area contributed by atoms with Crippen molar-refractivity contribution >= 4 is 34.4 Å². The van der Waals surface area contributed by atoms with Gasteiger partial charge >= 0.3 is 0 Å². The van der Waals surface area contributed by atoms with Gasteiger partial charge in [0.2, 0.25) is 0 Å². The third kappa shape index (κ3) is 4.52. The number of ether oxygens (including phenoxy) is 1. The zero-order valence-electron chi connectivity index (χ0n) is 18.2. The predicted octanol–water partition coefficient (Wildman–Crippen LogP) is 3.72. The SMILES string of the molecule is COCCN(C)c1nc(C2CCN(C(=O)c3ccc(Cl)cc3)CC2)cc2c1ncn2C. The van der Waals surface area contributed by atoms with Gasteiger partial charge in [0.25, 0.3) is 5.91 Å². The average molecular weight is 442 g/mol. The Morgan fingerprint density at radius 3 is 2.65 bits per heavy atom. The monoisotopic (exact) mass is 441 g/mol. The van der Waals surface area contributed by atoms with Gasteiger partial charge in [-0.15, -0.1) is 0 Å². The third-order valence-electron chi connectivity index (χ3n) is 6.00. The van der Waals surface area contributed by atoms with Crippen molar-refractivity contribution in [2.24, 2.45) is 7.05 Å². The van der Waals surface area contributed by atoms with Gasteiger partial charge in [-0.3, -0.25) is 4.79 Å². The number of rotatable bonds is 6. The number of nitrogens with zero attached hydrogens (tertiary/aromatic N) is 5. The van der Waals surface area contributed by atoms with Crippen molar-refractivity contribution in [3.05, 3.63) is 52.9 Å². The molecule has 0 atom stereocenters. The van der Waals surface area contributed by atoms with Crippen LogP contribution in [0.2, 0.25) is 5.02 Å². The van der Waals surface area contributed by atoms with Crippen LogP contribution in [0.4, 0.5) is 5.82 Å². The molecule has 0 N–H and O–H groups in total. The van der Waals surface area contributed by atoms with E-state index in [0.717, 1.165) is 41.9 Å². The maximum absolute atomic E-state index is 12.8. The Morgan fingerprint density at radius 1 is 1.26 bits per heavy atom. The van der Waals surface area contributed by atoms with Crippen molar-refractivity contribution in [1.82, 2.24) is 19.4 Å². The van der Waals surface area contributed by atoms with Crippen LogP contribution in [0.5, 0.6) is 0 Å². The lowest BCUT2D eigenvalue weighted by Gasteiger charge is -2.32. The van der Waals surface area contributed by atoms with E-state index in [9.17, 15) is 4.79 Å². The van der Waals surface area contributed by atoms with Gasteiger partial charge in [0.05, 0.1) is 18.5 Å². The summed E-state index contributed by atoms with van der Waals surface area (Å²) in [7, 11) is 5.73. The lowest BCUT2D eigenvalue weighted by Crippen LogP contribution is -2.38. The molecule has 164 valence electrons. The first-order valence-electron chi connectivity index (χ1n) is 10.5. The largest absolute Gasteiger partial charge is 0.383 e. The number of imidazole rings is 1. The summed E-state index contributed by atoms with van der Waals surface area (Å²) in [4.78, 5) is 26.4. The lowest BCUT2D eigenvalue weighted by atomic mass is 9.92. The Balaban J connectivity index is 1.52. The number of likely N-dealkylation sites (tertiary alicyclic amines) is 1. The third-order valence-corrected chi connectivity index (χ3v) is 6.25. The average Bonchev–Trinajstić information content (AvgIpc) is 3.17. The second-order valence-corrected chi connectivity index (χ2v) is 8.52. The van der Waals surface area contributed by atoms with Gasteiger partial charge in [-0.1, -0.05) is 11.6 Å². The number of carbonyl (C=O) groups is 1. The molecule has 4 rings (SSSR count). The van der Waals surface area contributed by atoms with Crippen LogP contribution in [0.25, 0.3) is 11.0 Å². The fraction of sp³-hybridized carbons (Fsp3) is 0.435. The van der Waals surface area contributed by atoms with Crippen LogP contribution >= 0.6 is 11.6 Å². The Kier molecular flexibility index (Phi) is 6.43. The fourth-order valence-electron chi connectivity index (χ4n) is 4.09. The zero-order chi connectivity index (χ0) is 22.0. The number of aromatic nitrogens is 3. The first-order chi connectivity index (χ1) is 15.0. The number of fused-ring (bicyclic) bond motifs is 1. The second-order valence-electron chi connectivity index (χ2n) is 8.08. The van der Waals surface area contributed by atoms with Gasteiger partial charge in [0, 0.05) is 63.0 Å². The molecule has 0 unspecified atom stereocenters. The van der Waals surface area contributed by atoms with Crippen LogP contribution in [0.3, 0.4) is 0 Å². The highest BCUT2D eigenvalue weighted by Gasteiger charge is 2.27. The van der Waals surface area contributed by atoms with Gasteiger partial charge in [-0.2, -0.15) is 0 Å². The minimum absolute atomic E-state index is 0.0603. The molecule has 0 bridgehead atoms. The molecule has 0 saturated carbocycles. The minimum atomic E-state index is 0.0603. The number of piperidine rings is 1. The highest BCUT2D eigenvalue weighted by molar-refractivity contribution is 6.30. The number of halogens is 1. The molecule has 31 heavy (non-hydrogen) atoms. The number of methoxy groups -OCH3 is 1. The Morgan fingerprint density at radius 2 is 1.97 bits per heavy atom. The molecule has 0 aliphatic carbocycles. The van der Waals surface area contributed by atoms with Crippen LogP contribution < -0.4 is 4.90 Å². The number of likely N-dealkylation sites (N-methyl/N-ethyl adjacent to an activating group) is 1. The number of pyridine rings is 1. The van der Waals surface area contributed by atoms with Crippen LogP contribution in [0.15, 0.2) is 36.7 Å². The second kappa shape index (κ2) is 9.24. The molecule has 1 aromatic carbocycles. The molecule has 3 aromatic rings. The molecule has 1 aliphatic rings. The van der Waals surface area contributed by atoms with E-state index in [4.69, 9.17) is 21.3 Å². The van der Waals surface area contributed by atoms with Crippen molar-refractivity contribution in [3.8, 4) is 0 Å². The summed E-state index contributed by atoms with van der Waals surface area (Å²) in [5, 5.41) is 0.637. The van der Waals surface area contributed by atoms with E-state index < -0.39 is 0 Å². The number of hydrogen-bond donors (Lipinski definition) is 0. The topological polar surface area (TPSA) is 63.5 Å². The van der Waals surface area contributed by atoms with E-state index in [1.165, 1.54) is 0 Å². The van der Waals surface area contributed by atoms with E-state index in [1.54, 1.807) is 31.4 Å². The maximum atomic E-state index is 12.8. The maximum Gasteiger partial charge on any atom is 0.253 e.